The molecule has 1 unspecified atom stereocenters. The molecule has 4 heteroatoms. The quantitative estimate of drug-likeness (QED) is 0.778. The summed E-state index contributed by atoms with van der Waals surface area (Å²) >= 11 is 5.73. The van der Waals surface area contributed by atoms with Crippen LogP contribution >= 0.6 is 11.6 Å². The number of rotatable bonds is 4. The standard InChI is InChI=1S/C17H13ClFNO/c1-2-11-6-3-4-7-12(11)17(21)14(10-20)13-8-5-9-15(18)16(13)19/h3-9,14H,2H2,1H3. The smallest absolute Gasteiger partial charge is 0.184 e. The Morgan fingerprint density at radius 1 is 1.29 bits per heavy atom. The fraction of sp³-hybridized carbons (Fsp3) is 0.176. The molecule has 2 aromatic rings. The van der Waals surface area contributed by atoms with Crippen molar-refractivity contribution in [3.8, 4) is 6.07 Å². The van der Waals surface area contributed by atoms with Gasteiger partial charge in [-0.1, -0.05) is 54.9 Å². The predicted molar refractivity (Wildman–Crippen MR) is 79.9 cm³/mol. The molecule has 0 heterocycles. The Labute approximate surface area is 127 Å². The number of nitrogens with zero attached hydrogens (tertiary/aromatic N) is 1. The molecule has 2 rings (SSSR count). The molecule has 0 aliphatic heterocycles. The van der Waals surface area contributed by atoms with E-state index < -0.39 is 17.5 Å². The SMILES string of the molecule is CCc1ccccc1C(=O)C(C#N)c1cccc(Cl)c1F. The van der Waals surface area contributed by atoms with Gasteiger partial charge in [-0.2, -0.15) is 5.26 Å². The molecule has 0 spiro atoms. The van der Waals surface area contributed by atoms with Crippen molar-refractivity contribution in [3.05, 3.63) is 70.0 Å². The van der Waals surface area contributed by atoms with Gasteiger partial charge in [0.1, 0.15) is 11.7 Å². The maximum absolute atomic E-state index is 14.1. The van der Waals surface area contributed by atoms with Gasteiger partial charge in [0, 0.05) is 11.1 Å². The molecule has 0 saturated carbocycles. The number of ketones is 1. The molecule has 0 radical (unpaired) electrons. The van der Waals surface area contributed by atoms with Crippen LogP contribution in [-0.4, -0.2) is 5.78 Å². The fourth-order valence-corrected chi connectivity index (χ4v) is 2.42. The average molecular weight is 302 g/mol. The van der Waals surface area contributed by atoms with Gasteiger partial charge in [-0.15, -0.1) is 0 Å². The molecule has 0 aliphatic rings. The maximum Gasteiger partial charge on any atom is 0.184 e. The Balaban J connectivity index is 2.49. The van der Waals surface area contributed by atoms with Gasteiger partial charge < -0.3 is 0 Å². The van der Waals surface area contributed by atoms with E-state index in [2.05, 4.69) is 0 Å². The second-order valence-corrected chi connectivity index (χ2v) is 4.99. The fourth-order valence-electron chi connectivity index (χ4n) is 2.24. The molecular formula is C17H13ClFNO. The van der Waals surface area contributed by atoms with Gasteiger partial charge in [-0.25, -0.2) is 4.39 Å². The molecule has 106 valence electrons. The minimum absolute atomic E-state index is 0.0147. The van der Waals surface area contributed by atoms with Crippen molar-refractivity contribution in [2.75, 3.05) is 0 Å². The Kier molecular flexibility index (Phi) is 4.72. The van der Waals surface area contributed by atoms with Crippen molar-refractivity contribution < 1.29 is 9.18 Å². The lowest BCUT2D eigenvalue weighted by Crippen LogP contribution is -2.14. The summed E-state index contributed by atoms with van der Waals surface area (Å²) in [4.78, 5) is 12.6. The van der Waals surface area contributed by atoms with Crippen LogP contribution in [0.25, 0.3) is 0 Å². The summed E-state index contributed by atoms with van der Waals surface area (Å²) < 4.78 is 14.1. The largest absolute Gasteiger partial charge is 0.292 e. The highest BCUT2D eigenvalue weighted by Gasteiger charge is 2.26. The van der Waals surface area contributed by atoms with E-state index in [1.165, 1.54) is 18.2 Å². The summed E-state index contributed by atoms with van der Waals surface area (Å²) in [6.07, 6.45) is 0.665. The van der Waals surface area contributed by atoms with Gasteiger partial charge in [0.25, 0.3) is 0 Å². The zero-order chi connectivity index (χ0) is 15.4. The molecule has 1 atom stereocenters. The van der Waals surface area contributed by atoms with Gasteiger partial charge in [0.15, 0.2) is 5.78 Å². The van der Waals surface area contributed by atoms with Crippen molar-refractivity contribution in [1.29, 1.82) is 5.26 Å². The van der Waals surface area contributed by atoms with Crippen molar-refractivity contribution >= 4 is 17.4 Å². The molecule has 0 N–H and O–H groups in total. The van der Waals surface area contributed by atoms with E-state index in [1.54, 1.807) is 12.1 Å². The number of carbonyl (C=O) groups excluding carboxylic acids is 1. The minimum atomic E-state index is -1.20. The number of hydrogen-bond acceptors (Lipinski definition) is 2. The Hall–Kier alpha value is -2.18. The van der Waals surface area contributed by atoms with E-state index in [4.69, 9.17) is 11.6 Å². The first-order valence-corrected chi connectivity index (χ1v) is 6.93. The summed E-state index contributed by atoms with van der Waals surface area (Å²) in [5.41, 5.74) is 1.30. The van der Waals surface area contributed by atoms with E-state index in [-0.39, 0.29) is 10.6 Å². The minimum Gasteiger partial charge on any atom is -0.292 e. The maximum atomic E-state index is 14.1. The third-order valence-corrected chi connectivity index (χ3v) is 3.64. The zero-order valence-corrected chi connectivity index (χ0v) is 12.2. The highest BCUT2D eigenvalue weighted by atomic mass is 35.5. The third kappa shape index (κ3) is 2.96. The van der Waals surface area contributed by atoms with Crippen LogP contribution in [-0.2, 0) is 6.42 Å². The molecule has 2 nitrogen and oxygen atoms in total. The summed E-state index contributed by atoms with van der Waals surface area (Å²) in [5.74, 6) is -2.32. The zero-order valence-electron chi connectivity index (χ0n) is 11.4. The van der Waals surface area contributed by atoms with Gasteiger partial charge >= 0.3 is 0 Å². The van der Waals surface area contributed by atoms with Crippen LogP contribution < -0.4 is 0 Å². The molecule has 0 aromatic heterocycles. The van der Waals surface area contributed by atoms with Crippen LogP contribution in [0.5, 0.6) is 0 Å². The highest BCUT2D eigenvalue weighted by molar-refractivity contribution is 6.30. The van der Waals surface area contributed by atoms with Crippen LogP contribution in [0.1, 0.15) is 34.3 Å². The predicted octanol–water partition coefficient (Wildman–Crippen LogP) is 4.53. The normalized spacial score (nSPS) is 11.7. The van der Waals surface area contributed by atoms with Crippen molar-refractivity contribution in [3.63, 3.8) is 0 Å². The van der Waals surface area contributed by atoms with E-state index in [0.29, 0.717) is 12.0 Å². The molecule has 0 fully saturated rings. The lowest BCUT2D eigenvalue weighted by atomic mass is 9.89. The first-order valence-electron chi connectivity index (χ1n) is 6.55. The summed E-state index contributed by atoms with van der Waals surface area (Å²) in [7, 11) is 0. The van der Waals surface area contributed by atoms with Gasteiger partial charge in [-0.05, 0) is 18.1 Å². The summed E-state index contributed by atoms with van der Waals surface area (Å²) in [6, 6.07) is 13.3. The number of Topliss-reactive ketones (excluding diaryl/α,β-unsaturated/α-hetero) is 1. The lowest BCUT2D eigenvalue weighted by Gasteiger charge is -2.13. The molecule has 2 aromatic carbocycles. The lowest BCUT2D eigenvalue weighted by molar-refractivity contribution is 0.0976. The Morgan fingerprint density at radius 3 is 2.67 bits per heavy atom. The number of benzene rings is 2. The van der Waals surface area contributed by atoms with Crippen LogP contribution in [0.2, 0.25) is 5.02 Å². The molecule has 0 saturated heterocycles. The van der Waals surface area contributed by atoms with E-state index in [1.807, 2.05) is 25.1 Å². The van der Waals surface area contributed by atoms with Crippen LogP contribution in [0, 0.1) is 17.1 Å². The monoisotopic (exact) mass is 301 g/mol. The van der Waals surface area contributed by atoms with Crippen molar-refractivity contribution in [2.24, 2.45) is 0 Å². The topological polar surface area (TPSA) is 40.9 Å². The Morgan fingerprint density at radius 2 is 2.00 bits per heavy atom. The van der Waals surface area contributed by atoms with Crippen molar-refractivity contribution in [1.82, 2.24) is 0 Å². The molecular weight excluding hydrogens is 289 g/mol. The van der Waals surface area contributed by atoms with E-state index in [0.717, 1.165) is 5.56 Å². The molecule has 0 amide bonds. The highest BCUT2D eigenvalue weighted by Crippen LogP contribution is 2.28. The first-order chi connectivity index (χ1) is 10.1. The van der Waals surface area contributed by atoms with E-state index in [9.17, 15) is 14.4 Å². The Bertz CT molecular complexity index is 721. The molecule has 21 heavy (non-hydrogen) atoms. The number of nitriles is 1. The summed E-state index contributed by atoms with van der Waals surface area (Å²) in [5, 5.41) is 9.22. The van der Waals surface area contributed by atoms with Gasteiger partial charge in [0.05, 0.1) is 11.1 Å². The molecule has 0 aliphatic carbocycles. The average Bonchev–Trinajstić information content (AvgIpc) is 2.51. The number of aryl methyl sites for hydroxylation is 1. The van der Waals surface area contributed by atoms with Gasteiger partial charge in [-0.3, -0.25) is 4.79 Å². The first kappa shape index (κ1) is 15.2. The van der Waals surface area contributed by atoms with Crippen LogP contribution in [0.15, 0.2) is 42.5 Å². The van der Waals surface area contributed by atoms with E-state index >= 15 is 0 Å². The third-order valence-electron chi connectivity index (χ3n) is 3.35. The number of carbonyl (C=O) groups is 1. The summed E-state index contributed by atoms with van der Waals surface area (Å²) in [6.45, 7) is 1.92. The second-order valence-electron chi connectivity index (χ2n) is 4.58. The van der Waals surface area contributed by atoms with Gasteiger partial charge in [0.2, 0.25) is 0 Å². The van der Waals surface area contributed by atoms with Crippen LogP contribution in [0.4, 0.5) is 4.39 Å². The molecule has 0 bridgehead atoms. The van der Waals surface area contributed by atoms with Crippen molar-refractivity contribution in [2.45, 2.75) is 19.3 Å². The number of halogens is 2. The second kappa shape index (κ2) is 6.51. The number of hydrogen-bond donors (Lipinski definition) is 0. The van der Waals surface area contributed by atoms with Crippen LogP contribution in [0.3, 0.4) is 0 Å².